The van der Waals surface area contributed by atoms with E-state index in [1.54, 1.807) is 0 Å². The summed E-state index contributed by atoms with van der Waals surface area (Å²) in [5.41, 5.74) is 2.19. The number of carbonyl (C=O) groups is 1. The third-order valence-corrected chi connectivity index (χ3v) is 5.29. The Morgan fingerprint density at radius 1 is 0.933 bits per heavy atom. The average Bonchev–Trinajstić information content (AvgIpc) is 2.78. The molecule has 1 heterocycles. The van der Waals surface area contributed by atoms with Crippen LogP contribution in [-0.4, -0.2) is 26.6 Å². The summed E-state index contributed by atoms with van der Waals surface area (Å²) in [6.45, 7) is 0. The van der Waals surface area contributed by atoms with Crippen molar-refractivity contribution in [1.82, 2.24) is 9.97 Å². The number of para-hydroxylation sites is 1. The minimum absolute atomic E-state index is 0.0247. The van der Waals surface area contributed by atoms with Gasteiger partial charge in [-0.15, -0.1) is 0 Å². The first kappa shape index (κ1) is 19.5. The third-order valence-electron chi connectivity index (χ3n) is 4.30. The highest BCUT2D eigenvalue weighted by molar-refractivity contribution is 8.00. The lowest BCUT2D eigenvalue weighted by Crippen LogP contribution is -2.14. The summed E-state index contributed by atoms with van der Waals surface area (Å²) in [5, 5.41) is 15.1. The third kappa shape index (κ3) is 4.44. The molecular formula is C22H16N4O3S. The van der Waals surface area contributed by atoms with Crippen molar-refractivity contribution in [2.75, 3.05) is 11.1 Å². The Morgan fingerprint density at radius 2 is 1.63 bits per heavy atom. The summed E-state index contributed by atoms with van der Waals surface area (Å²) >= 11 is 1.32. The first-order valence-corrected chi connectivity index (χ1v) is 10.1. The number of benzene rings is 3. The highest BCUT2D eigenvalue weighted by Gasteiger charge is 2.12. The van der Waals surface area contributed by atoms with E-state index < -0.39 is 4.92 Å². The molecule has 30 heavy (non-hydrogen) atoms. The fourth-order valence-corrected chi connectivity index (χ4v) is 3.69. The molecule has 0 fully saturated rings. The monoisotopic (exact) mass is 416 g/mol. The van der Waals surface area contributed by atoms with Gasteiger partial charge in [-0.2, -0.15) is 0 Å². The number of carbonyl (C=O) groups excluding carboxylic acids is 1. The molecule has 148 valence electrons. The molecule has 7 nitrogen and oxygen atoms in total. The van der Waals surface area contributed by atoms with Gasteiger partial charge in [0.15, 0.2) is 5.82 Å². The topological polar surface area (TPSA) is 98.0 Å². The number of hydrogen-bond acceptors (Lipinski definition) is 6. The number of nitrogens with zero attached hydrogens (tertiary/aromatic N) is 3. The molecule has 0 unspecified atom stereocenters. The van der Waals surface area contributed by atoms with Crippen LogP contribution in [0.5, 0.6) is 0 Å². The molecule has 0 spiro atoms. The van der Waals surface area contributed by atoms with Crippen molar-refractivity contribution < 1.29 is 9.72 Å². The van der Waals surface area contributed by atoms with Gasteiger partial charge in [0.1, 0.15) is 5.03 Å². The first-order valence-electron chi connectivity index (χ1n) is 9.09. The van der Waals surface area contributed by atoms with Gasteiger partial charge in [0.2, 0.25) is 5.91 Å². The van der Waals surface area contributed by atoms with Crippen LogP contribution in [-0.2, 0) is 4.79 Å². The minimum Gasteiger partial charge on any atom is -0.325 e. The first-order chi connectivity index (χ1) is 14.6. The number of anilines is 1. The predicted octanol–water partition coefficient (Wildman–Crippen LogP) is 4.94. The largest absolute Gasteiger partial charge is 0.325 e. The van der Waals surface area contributed by atoms with Crippen LogP contribution in [0, 0.1) is 10.1 Å². The molecule has 1 amide bonds. The number of hydrogen-bond donors (Lipinski definition) is 1. The summed E-state index contributed by atoms with van der Waals surface area (Å²) < 4.78 is 0. The van der Waals surface area contributed by atoms with E-state index in [4.69, 9.17) is 0 Å². The van der Waals surface area contributed by atoms with Gasteiger partial charge < -0.3 is 5.32 Å². The molecule has 0 atom stereocenters. The number of nitrogens with one attached hydrogen (secondary N) is 1. The molecule has 0 aliphatic carbocycles. The molecule has 3 aromatic carbocycles. The molecule has 1 aromatic heterocycles. The number of nitro benzene ring substituents is 1. The zero-order chi connectivity index (χ0) is 20.9. The van der Waals surface area contributed by atoms with E-state index in [-0.39, 0.29) is 17.3 Å². The summed E-state index contributed by atoms with van der Waals surface area (Å²) in [6.07, 6.45) is 0. The van der Waals surface area contributed by atoms with Gasteiger partial charge in [-0.1, -0.05) is 60.3 Å². The Hall–Kier alpha value is -3.78. The van der Waals surface area contributed by atoms with Crippen LogP contribution in [0.4, 0.5) is 11.4 Å². The van der Waals surface area contributed by atoms with Gasteiger partial charge in [0.05, 0.1) is 16.2 Å². The maximum atomic E-state index is 12.4. The van der Waals surface area contributed by atoms with E-state index in [1.165, 1.54) is 36.0 Å². The zero-order valence-electron chi connectivity index (χ0n) is 15.7. The number of amides is 1. The van der Waals surface area contributed by atoms with Crippen LogP contribution in [0.1, 0.15) is 0 Å². The van der Waals surface area contributed by atoms with Crippen LogP contribution in [0.15, 0.2) is 83.9 Å². The van der Waals surface area contributed by atoms with E-state index in [2.05, 4.69) is 15.3 Å². The van der Waals surface area contributed by atoms with E-state index in [9.17, 15) is 14.9 Å². The zero-order valence-corrected chi connectivity index (χ0v) is 16.5. The highest BCUT2D eigenvalue weighted by Crippen LogP contribution is 2.28. The lowest BCUT2D eigenvalue weighted by Gasteiger charge is -2.09. The second-order valence-electron chi connectivity index (χ2n) is 6.38. The van der Waals surface area contributed by atoms with Gasteiger partial charge >= 0.3 is 0 Å². The standard InChI is InChI=1S/C22H16N4O3S/c27-20(23-16-10-12-17(13-11-16)26(28)29)14-30-22-18-8-4-5-9-19(18)24-21(25-22)15-6-2-1-3-7-15/h1-13H,14H2,(H,23,27). The van der Waals surface area contributed by atoms with Crippen LogP contribution in [0.25, 0.3) is 22.3 Å². The van der Waals surface area contributed by atoms with Gasteiger partial charge in [0.25, 0.3) is 5.69 Å². The highest BCUT2D eigenvalue weighted by atomic mass is 32.2. The molecule has 0 radical (unpaired) electrons. The van der Waals surface area contributed by atoms with Crippen LogP contribution in [0.2, 0.25) is 0 Å². The lowest BCUT2D eigenvalue weighted by atomic mass is 10.2. The molecule has 8 heteroatoms. The lowest BCUT2D eigenvalue weighted by molar-refractivity contribution is -0.384. The predicted molar refractivity (Wildman–Crippen MR) is 117 cm³/mol. The summed E-state index contributed by atoms with van der Waals surface area (Å²) in [4.78, 5) is 32.0. The van der Waals surface area contributed by atoms with E-state index in [0.717, 1.165) is 21.5 Å². The van der Waals surface area contributed by atoms with Crippen LogP contribution in [0.3, 0.4) is 0 Å². The van der Waals surface area contributed by atoms with Gasteiger partial charge in [-0.25, -0.2) is 9.97 Å². The molecule has 0 saturated carbocycles. The summed E-state index contributed by atoms with van der Waals surface area (Å²) in [5.74, 6) is 0.525. The van der Waals surface area contributed by atoms with Crippen molar-refractivity contribution in [2.24, 2.45) is 0 Å². The van der Waals surface area contributed by atoms with Gasteiger partial charge in [-0.3, -0.25) is 14.9 Å². The van der Waals surface area contributed by atoms with Crippen molar-refractivity contribution in [1.29, 1.82) is 0 Å². The SMILES string of the molecule is O=C(CSc1nc(-c2ccccc2)nc2ccccc12)Nc1ccc([N+](=O)[O-])cc1. The van der Waals surface area contributed by atoms with Crippen molar-refractivity contribution >= 4 is 39.9 Å². The maximum absolute atomic E-state index is 12.4. The van der Waals surface area contributed by atoms with E-state index >= 15 is 0 Å². The minimum atomic E-state index is -0.480. The quantitative estimate of drug-likeness (QED) is 0.207. The average molecular weight is 416 g/mol. The molecule has 0 saturated heterocycles. The van der Waals surface area contributed by atoms with Crippen LogP contribution < -0.4 is 5.32 Å². The normalized spacial score (nSPS) is 10.7. The number of fused-ring (bicyclic) bond motifs is 1. The summed E-state index contributed by atoms with van der Waals surface area (Å²) in [7, 11) is 0. The molecule has 1 N–H and O–H groups in total. The molecule has 0 bridgehead atoms. The fraction of sp³-hybridized carbons (Fsp3) is 0.0455. The molecule has 4 rings (SSSR count). The Bertz CT molecular complexity index is 1210. The van der Waals surface area contributed by atoms with Crippen molar-refractivity contribution in [3.8, 4) is 11.4 Å². The second kappa shape index (κ2) is 8.71. The Labute approximate surface area is 176 Å². The Kier molecular flexibility index (Phi) is 5.67. The van der Waals surface area contributed by atoms with Gasteiger partial charge in [-0.05, 0) is 18.2 Å². The van der Waals surface area contributed by atoms with Crippen LogP contribution >= 0.6 is 11.8 Å². The fourth-order valence-electron chi connectivity index (χ4n) is 2.87. The maximum Gasteiger partial charge on any atom is 0.269 e. The van der Waals surface area contributed by atoms with E-state index in [1.807, 2.05) is 54.6 Å². The van der Waals surface area contributed by atoms with Crippen molar-refractivity contribution in [3.63, 3.8) is 0 Å². The smallest absolute Gasteiger partial charge is 0.269 e. The van der Waals surface area contributed by atoms with Gasteiger partial charge in [0, 0.05) is 28.8 Å². The molecule has 4 aromatic rings. The molecule has 0 aliphatic rings. The Morgan fingerprint density at radius 3 is 2.37 bits per heavy atom. The number of aromatic nitrogens is 2. The number of rotatable bonds is 6. The number of nitro groups is 1. The van der Waals surface area contributed by atoms with Crippen molar-refractivity contribution in [3.05, 3.63) is 89.0 Å². The molecule has 0 aliphatic heterocycles. The van der Waals surface area contributed by atoms with E-state index in [0.29, 0.717) is 11.5 Å². The summed E-state index contributed by atoms with van der Waals surface area (Å²) in [6, 6.07) is 23.1. The number of non-ortho nitro benzene ring substituents is 1. The Balaban J connectivity index is 1.53. The number of thioether (sulfide) groups is 1. The second-order valence-corrected chi connectivity index (χ2v) is 7.34. The molecular weight excluding hydrogens is 400 g/mol. The van der Waals surface area contributed by atoms with Crippen molar-refractivity contribution in [2.45, 2.75) is 5.03 Å².